The highest BCUT2D eigenvalue weighted by Gasteiger charge is 2.50. The molecule has 10 atom stereocenters. The van der Waals surface area contributed by atoms with E-state index >= 15 is 0 Å². The van der Waals surface area contributed by atoms with E-state index in [0.29, 0.717) is 48.4 Å². The van der Waals surface area contributed by atoms with Crippen LogP contribution in [-0.4, -0.2) is 118 Å². The number of carbonyl (C=O) groups excluding carboxylic acids is 6. The Kier molecular flexibility index (Phi) is 25.7. The molecule has 456 valence electrons. The van der Waals surface area contributed by atoms with Crippen molar-refractivity contribution in [3.63, 3.8) is 0 Å². The predicted octanol–water partition coefficient (Wildman–Crippen LogP) is 13.4. The van der Waals surface area contributed by atoms with E-state index in [2.05, 4.69) is 20.9 Å². The van der Waals surface area contributed by atoms with Crippen LogP contribution in [0.4, 0.5) is 37.1 Å². The summed E-state index contributed by atoms with van der Waals surface area (Å²) in [5, 5.41) is 18.8. The van der Waals surface area contributed by atoms with Gasteiger partial charge in [-0.05, 0) is 135 Å². The number of aliphatic imine (C=N–C) groups is 1. The van der Waals surface area contributed by atoms with Crippen molar-refractivity contribution in [3.05, 3.63) is 187 Å². The van der Waals surface area contributed by atoms with Crippen LogP contribution in [0.5, 0.6) is 0 Å². The summed E-state index contributed by atoms with van der Waals surface area (Å²) in [5.74, 6) is -2.44. The lowest BCUT2D eigenvalue weighted by Crippen LogP contribution is -2.58. The van der Waals surface area contributed by atoms with Crippen molar-refractivity contribution in [2.24, 2.45) is 16.8 Å². The van der Waals surface area contributed by atoms with E-state index in [1.807, 2.05) is 64.1 Å². The van der Waals surface area contributed by atoms with Crippen molar-refractivity contribution in [1.82, 2.24) is 0 Å². The molecular formula is C62H64Cl4N4O16. The number of aliphatic hydroxyl groups is 1. The Balaban J connectivity index is 0.000000240. The quantitative estimate of drug-likeness (QED) is 0.0323. The molecule has 0 saturated carbocycles. The van der Waals surface area contributed by atoms with Gasteiger partial charge in [0.1, 0.15) is 12.7 Å². The second-order valence-corrected chi connectivity index (χ2v) is 21.6. The van der Waals surface area contributed by atoms with E-state index in [1.165, 1.54) is 56.7 Å². The van der Waals surface area contributed by atoms with Gasteiger partial charge in [0.2, 0.25) is 6.08 Å². The zero-order valence-corrected chi connectivity index (χ0v) is 50.9. The highest BCUT2D eigenvalue weighted by atomic mass is 35.5. The number of anilines is 3. The number of hydrogen-bond donors (Lipinski definition) is 4. The van der Waals surface area contributed by atoms with Crippen LogP contribution in [0, 0.1) is 39.5 Å². The Bertz CT molecular complexity index is 3260. The topological polar surface area (TPSA) is 254 Å². The standard InChI is InChI=1S/C31H32Cl2N2O8.C22H23Cl2NO7.C9H9NO/c1-17-10-18(2)12-23(11-17)34-30(37)40-16-25-19(3)26(43-31(38)35-24-14-21(32)13-22(33)15-24)27(29(39-4)41-25)42-28(36)20-8-6-5-7-9-20;1-12-17(11-26)30-21(29-2)19(31-20(27)13-6-4-3-5-7-13)18(12)32-22(28)25-16-9-14(23)8-15(24)10-16;1-7-3-8(2)5-9(4-7)10-6-11/h5-15,19,25-27,29H,16H2,1-4H3,(H,34,37)(H,35,38);3-10,12,17-19,21,26H,11H2,1-2H3,(H,25,28);3-5H,1-2H3. The molecule has 0 radical (unpaired) electrons. The Labute approximate surface area is 517 Å². The lowest BCUT2D eigenvalue weighted by atomic mass is 9.90. The number of benzene rings is 6. The number of nitrogens with one attached hydrogen (secondary N) is 3. The molecule has 0 spiro atoms. The van der Waals surface area contributed by atoms with Gasteiger partial charge in [0.15, 0.2) is 37.0 Å². The maximum atomic E-state index is 13.0. The molecule has 2 aliphatic heterocycles. The zero-order chi connectivity index (χ0) is 62.6. The fourth-order valence-electron chi connectivity index (χ4n) is 9.20. The summed E-state index contributed by atoms with van der Waals surface area (Å²) in [4.78, 5) is 77.4. The number of rotatable bonds is 15. The molecule has 2 saturated heterocycles. The molecule has 0 bridgehead atoms. The molecule has 86 heavy (non-hydrogen) atoms. The van der Waals surface area contributed by atoms with Gasteiger partial charge in [0.25, 0.3) is 0 Å². The molecule has 20 nitrogen and oxygen atoms in total. The van der Waals surface area contributed by atoms with Gasteiger partial charge in [-0.1, -0.05) is 109 Å². The normalized spacial score (nSPS) is 21.2. The van der Waals surface area contributed by atoms with Gasteiger partial charge in [0.05, 0.1) is 29.5 Å². The number of methoxy groups -OCH3 is 2. The number of aryl methyl sites for hydroxylation is 4. The van der Waals surface area contributed by atoms with E-state index < -0.39 is 91.3 Å². The SMILES string of the molecule is COC1OC(CO)C(C)C(OC(=O)Nc2cc(Cl)cc(Cl)c2)C1OC(=O)c1ccccc1.COC1OC(COC(=O)Nc2cc(C)cc(C)c2)C(C)C(OC(=O)Nc2cc(Cl)cc(Cl)c2)C1OC(=O)c1ccccc1.Cc1cc(C)cc(N=C=O)c1. The summed E-state index contributed by atoms with van der Waals surface area (Å²) in [7, 11) is 2.73. The first kappa shape index (κ1) is 67.5. The van der Waals surface area contributed by atoms with Crippen molar-refractivity contribution in [3.8, 4) is 0 Å². The summed E-state index contributed by atoms with van der Waals surface area (Å²) < 4.78 is 50.9. The molecule has 6 aromatic carbocycles. The van der Waals surface area contributed by atoms with Gasteiger partial charge in [-0.2, -0.15) is 4.99 Å². The maximum Gasteiger partial charge on any atom is 0.412 e. The first-order valence-corrected chi connectivity index (χ1v) is 28.1. The number of isocyanates is 1. The number of esters is 2. The summed E-state index contributed by atoms with van der Waals surface area (Å²) >= 11 is 24.1. The Morgan fingerprint density at radius 1 is 0.512 bits per heavy atom. The number of hydrogen-bond acceptors (Lipinski definition) is 17. The molecule has 8 rings (SSSR count). The molecular weight excluding hydrogens is 1200 g/mol. The van der Waals surface area contributed by atoms with Crippen LogP contribution in [0.25, 0.3) is 0 Å². The molecule has 4 N–H and O–H groups in total. The van der Waals surface area contributed by atoms with E-state index in [0.717, 1.165) is 22.3 Å². The van der Waals surface area contributed by atoms with E-state index in [9.17, 15) is 33.9 Å². The van der Waals surface area contributed by atoms with Crippen LogP contribution in [0.1, 0.15) is 56.8 Å². The van der Waals surface area contributed by atoms with E-state index in [4.69, 9.17) is 89.0 Å². The zero-order valence-electron chi connectivity index (χ0n) is 47.9. The van der Waals surface area contributed by atoms with Gasteiger partial charge in [-0.15, -0.1) is 0 Å². The highest BCUT2D eigenvalue weighted by molar-refractivity contribution is 6.35. The average molecular weight is 1260 g/mol. The summed E-state index contributed by atoms with van der Waals surface area (Å²) in [5.41, 5.74) is 6.68. The van der Waals surface area contributed by atoms with Crippen LogP contribution in [0.3, 0.4) is 0 Å². The molecule has 0 aromatic heterocycles. The molecule has 10 unspecified atom stereocenters. The van der Waals surface area contributed by atoms with Crippen LogP contribution >= 0.6 is 46.4 Å². The Morgan fingerprint density at radius 3 is 1.28 bits per heavy atom. The van der Waals surface area contributed by atoms with Crippen LogP contribution in [0.15, 0.2) is 138 Å². The Morgan fingerprint density at radius 2 is 0.884 bits per heavy atom. The monoisotopic (exact) mass is 1260 g/mol. The molecule has 6 aromatic rings. The fourth-order valence-corrected chi connectivity index (χ4v) is 10.3. The second-order valence-electron chi connectivity index (χ2n) is 19.9. The smallest absolute Gasteiger partial charge is 0.412 e. The number of ether oxygens (including phenoxy) is 9. The highest BCUT2D eigenvalue weighted by Crippen LogP contribution is 2.35. The summed E-state index contributed by atoms with van der Waals surface area (Å²) in [6.45, 7) is 10.7. The minimum atomic E-state index is -1.17. The Hall–Kier alpha value is -7.59. The number of amides is 3. The third-order valence-corrected chi connectivity index (χ3v) is 14.0. The summed E-state index contributed by atoms with van der Waals surface area (Å²) in [6, 6.07) is 37.1. The lowest BCUT2D eigenvalue weighted by molar-refractivity contribution is -0.278. The van der Waals surface area contributed by atoms with Crippen molar-refractivity contribution in [2.75, 3.05) is 43.4 Å². The third kappa shape index (κ3) is 20.3. The second kappa shape index (κ2) is 32.8. The van der Waals surface area contributed by atoms with Crippen LogP contribution in [-0.2, 0) is 47.4 Å². The summed E-state index contributed by atoms with van der Waals surface area (Å²) in [6.07, 6.45) is -8.88. The van der Waals surface area contributed by atoms with Gasteiger partial charge in [0, 0.05) is 63.2 Å². The van der Waals surface area contributed by atoms with Crippen LogP contribution < -0.4 is 16.0 Å². The molecule has 2 aliphatic rings. The molecule has 2 heterocycles. The van der Waals surface area contributed by atoms with Gasteiger partial charge in [-0.25, -0.2) is 28.8 Å². The molecule has 0 aliphatic carbocycles. The third-order valence-electron chi connectivity index (χ3n) is 13.1. The van der Waals surface area contributed by atoms with E-state index in [1.54, 1.807) is 74.5 Å². The predicted molar refractivity (Wildman–Crippen MR) is 323 cm³/mol. The molecule has 2 fully saturated rings. The average Bonchev–Trinajstić information content (AvgIpc) is 2.74. The molecule has 3 amide bonds. The number of carbonyl (C=O) groups is 5. The number of halogens is 4. The van der Waals surface area contributed by atoms with Crippen molar-refractivity contribution in [1.29, 1.82) is 0 Å². The first-order valence-electron chi connectivity index (χ1n) is 26.6. The maximum absolute atomic E-state index is 13.0. The van der Waals surface area contributed by atoms with Gasteiger partial charge in [-0.3, -0.25) is 16.0 Å². The first-order chi connectivity index (χ1) is 41.1. The van der Waals surface area contributed by atoms with Crippen molar-refractivity contribution >= 4 is 105 Å². The van der Waals surface area contributed by atoms with E-state index in [-0.39, 0.29) is 18.8 Å². The lowest BCUT2D eigenvalue weighted by Gasteiger charge is -2.43. The van der Waals surface area contributed by atoms with Crippen molar-refractivity contribution < 1.29 is 76.5 Å². The molecule has 24 heteroatoms. The minimum absolute atomic E-state index is 0.206. The van der Waals surface area contributed by atoms with Gasteiger partial charge >= 0.3 is 30.2 Å². The largest absolute Gasteiger partial charge is 0.449 e. The number of aliphatic hydroxyl groups excluding tert-OH is 1. The van der Waals surface area contributed by atoms with Gasteiger partial charge < -0.3 is 47.7 Å². The fraction of sp³-hybridized carbons (Fsp3) is 0.323. The minimum Gasteiger partial charge on any atom is -0.449 e. The number of nitrogens with zero attached hydrogens (tertiary/aromatic N) is 1. The van der Waals surface area contributed by atoms with Crippen molar-refractivity contribution in [2.45, 2.75) is 90.7 Å². The van der Waals surface area contributed by atoms with Crippen LogP contribution in [0.2, 0.25) is 20.1 Å².